The molecule has 0 saturated carbocycles. The second-order valence-electron chi connectivity index (χ2n) is 5.35. The van der Waals surface area contributed by atoms with Crippen LogP contribution in [0, 0.1) is 12.3 Å². The molecule has 1 aromatic carbocycles. The minimum atomic E-state index is 0.318. The molecule has 0 aliphatic rings. The van der Waals surface area contributed by atoms with Gasteiger partial charge in [0.25, 0.3) is 0 Å². The van der Waals surface area contributed by atoms with Gasteiger partial charge in [-0.3, -0.25) is 0 Å². The Morgan fingerprint density at radius 1 is 1.33 bits per heavy atom. The van der Waals surface area contributed by atoms with Crippen LogP contribution in [0.5, 0.6) is 0 Å². The van der Waals surface area contributed by atoms with E-state index in [0.717, 1.165) is 12.5 Å². The van der Waals surface area contributed by atoms with Gasteiger partial charge < -0.3 is 0 Å². The van der Waals surface area contributed by atoms with Crippen molar-refractivity contribution in [3.05, 3.63) is 34.2 Å². The van der Waals surface area contributed by atoms with Crippen molar-refractivity contribution in [2.45, 2.75) is 34.1 Å². The Kier molecular flexibility index (Phi) is 2.46. The zero-order valence-electron chi connectivity index (χ0n) is 10.8. The third-order valence-corrected chi connectivity index (χ3v) is 4.42. The van der Waals surface area contributed by atoms with Crippen molar-refractivity contribution in [2.24, 2.45) is 5.41 Å². The molecule has 0 atom stereocenters. The average molecular weight is 266 g/mol. The number of fused-ring (bicyclic) bond motifs is 1. The molecule has 0 saturated heterocycles. The molecular weight excluding hydrogens is 247 g/mol. The molecule has 1 heterocycles. The third kappa shape index (κ3) is 2.74. The van der Waals surface area contributed by atoms with Gasteiger partial charge in [0.15, 0.2) is 0 Å². The molecule has 0 aliphatic carbocycles. The fourth-order valence-corrected chi connectivity index (χ4v) is 3.64. The predicted molar refractivity (Wildman–Crippen MR) is 68.8 cm³/mol. The van der Waals surface area contributed by atoms with E-state index in [1.165, 1.54) is 19.6 Å². The molecule has 0 nitrogen and oxygen atoms in total. The summed E-state index contributed by atoms with van der Waals surface area (Å²) in [4.78, 5) is 0. The van der Waals surface area contributed by atoms with Crippen molar-refractivity contribution in [3.8, 4) is 0 Å². The van der Waals surface area contributed by atoms with Crippen LogP contribution >= 0.6 is 0 Å². The van der Waals surface area contributed by atoms with E-state index in [1.54, 1.807) is 0 Å². The summed E-state index contributed by atoms with van der Waals surface area (Å²) in [6.45, 7) is 8.86. The fourth-order valence-electron chi connectivity index (χ4n) is 1.87. The molecule has 2 rings (SSSR count). The van der Waals surface area contributed by atoms with Crippen LogP contribution in [-0.4, -0.2) is 14.5 Å². The van der Waals surface area contributed by atoms with Gasteiger partial charge in [-0.25, -0.2) is 0 Å². The van der Waals surface area contributed by atoms with E-state index in [4.69, 9.17) is 1.37 Å². The molecule has 0 unspecified atom stereocenters. The first-order valence-electron chi connectivity index (χ1n) is 5.85. The maximum absolute atomic E-state index is 8.04. The van der Waals surface area contributed by atoms with Gasteiger partial charge in [0.05, 0.1) is 0 Å². The number of benzene rings is 1. The van der Waals surface area contributed by atoms with Crippen LogP contribution in [0.1, 0.15) is 32.1 Å². The third-order valence-electron chi connectivity index (χ3n) is 2.35. The molecule has 0 amide bonds. The predicted octanol–water partition coefficient (Wildman–Crippen LogP) is 3.79. The number of rotatable bonds is 1. The number of hydrogen-bond acceptors (Lipinski definition) is 0. The Bertz CT molecular complexity index is 517. The van der Waals surface area contributed by atoms with Crippen molar-refractivity contribution >= 4 is 24.1 Å². The van der Waals surface area contributed by atoms with E-state index in [1.807, 2.05) is 0 Å². The molecule has 0 bridgehead atoms. The normalized spacial score (nSPS) is 13.2. The number of hydrogen-bond donors (Lipinski definition) is 0. The number of aryl methyl sites for hydroxylation is 1. The molecule has 0 spiro atoms. The molecular formula is C14H18Se. The fraction of sp³-hybridized carbons (Fsp3) is 0.429. The van der Waals surface area contributed by atoms with Gasteiger partial charge >= 0.3 is 99.3 Å². The summed E-state index contributed by atoms with van der Waals surface area (Å²) in [6.07, 6.45) is 1.08. The minimum absolute atomic E-state index is 0.318. The summed E-state index contributed by atoms with van der Waals surface area (Å²) in [5.74, 6) is 0. The first-order valence-corrected chi connectivity index (χ1v) is 7.07. The molecule has 0 radical (unpaired) electrons. The maximum atomic E-state index is 8.04. The summed E-state index contributed by atoms with van der Waals surface area (Å²) in [5.41, 5.74) is 1.68. The van der Waals surface area contributed by atoms with Crippen molar-refractivity contribution in [1.82, 2.24) is 0 Å². The van der Waals surface area contributed by atoms with E-state index < -0.39 is 0 Å². The van der Waals surface area contributed by atoms with E-state index in [9.17, 15) is 0 Å². The molecule has 2 aromatic rings. The zero-order chi connectivity index (χ0) is 11.9. The van der Waals surface area contributed by atoms with Crippen molar-refractivity contribution < 1.29 is 1.37 Å². The topological polar surface area (TPSA) is 0 Å². The molecule has 1 heteroatoms. The van der Waals surface area contributed by atoms with E-state index in [-0.39, 0.29) is 0 Å². The van der Waals surface area contributed by atoms with Gasteiger partial charge in [-0.05, 0) is 0 Å². The Morgan fingerprint density at radius 3 is 2.73 bits per heavy atom. The standard InChI is InChI=1S/C14H18Se/c1-10-7-12-8-11(9-14(2,3)4)5-6-13(12)15-10/h5-8H,9H2,1-4H3/i7D. The van der Waals surface area contributed by atoms with Crippen LogP contribution in [0.2, 0.25) is 0 Å². The second kappa shape index (κ2) is 3.81. The molecule has 15 heavy (non-hydrogen) atoms. The van der Waals surface area contributed by atoms with Gasteiger partial charge in [0.2, 0.25) is 0 Å². The van der Waals surface area contributed by atoms with Crippen LogP contribution in [0.25, 0.3) is 9.65 Å². The van der Waals surface area contributed by atoms with Gasteiger partial charge in [-0.2, -0.15) is 0 Å². The summed E-state index contributed by atoms with van der Waals surface area (Å²) < 4.78 is 10.7. The average Bonchev–Trinajstić information content (AvgIpc) is 2.42. The molecule has 1 aromatic heterocycles. The quantitative estimate of drug-likeness (QED) is 0.689. The summed E-state index contributed by atoms with van der Waals surface area (Å²) in [5, 5.41) is 1.18. The molecule has 0 fully saturated rings. The van der Waals surface area contributed by atoms with Crippen LogP contribution in [0.4, 0.5) is 0 Å². The Balaban J connectivity index is 2.47. The van der Waals surface area contributed by atoms with Crippen molar-refractivity contribution in [2.75, 3.05) is 0 Å². The van der Waals surface area contributed by atoms with Crippen LogP contribution in [0.15, 0.2) is 24.2 Å². The second-order valence-corrected chi connectivity index (χ2v) is 7.99. The van der Waals surface area contributed by atoms with Crippen LogP contribution < -0.4 is 0 Å². The monoisotopic (exact) mass is 267 g/mol. The van der Waals surface area contributed by atoms with Crippen LogP contribution in [-0.2, 0) is 6.42 Å². The Morgan fingerprint density at radius 2 is 2.07 bits per heavy atom. The Hall–Kier alpha value is -0.521. The molecule has 80 valence electrons. The van der Waals surface area contributed by atoms with E-state index >= 15 is 0 Å². The van der Waals surface area contributed by atoms with E-state index in [0.29, 0.717) is 19.9 Å². The first kappa shape index (κ1) is 9.69. The summed E-state index contributed by atoms with van der Waals surface area (Å²) >= 11 is 0.396. The Labute approximate surface area is 99.5 Å². The van der Waals surface area contributed by atoms with Crippen molar-refractivity contribution in [1.29, 1.82) is 0 Å². The zero-order valence-corrected chi connectivity index (χ0v) is 11.6. The summed E-state index contributed by atoms with van der Waals surface area (Å²) in [6, 6.07) is 7.45. The first-order chi connectivity index (χ1) is 7.37. The SMILES string of the molecule is [2H]c1c(C)[se]c2ccc(CC(C)(C)C)cc12. The van der Waals surface area contributed by atoms with Gasteiger partial charge in [0.1, 0.15) is 0 Å². The molecule has 0 N–H and O–H groups in total. The summed E-state index contributed by atoms with van der Waals surface area (Å²) in [7, 11) is 0. The molecule has 0 aliphatic heterocycles. The van der Waals surface area contributed by atoms with Crippen molar-refractivity contribution in [3.63, 3.8) is 0 Å². The van der Waals surface area contributed by atoms with Gasteiger partial charge in [-0.1, -0.05) is 0 Å². The van der Waals surface area contributed by atoms with E-state index in [2.05, 4.69) is 45.9 Å². The van der Waals surface area contributed by atoms with Gasteiger partial charge in [0, 0.05) is 0 Å². The van der Waals surface area contributed by atoms with Gasteiger partial charge in [-0.15, -0.1) is 0 Å². The van der Waals surface area contributed by atoms with Crippen LogP contribution in [0.3, 0.4) is 0 Å².